The molecule has 2 aromatic carbocycles. The number of aromatic nitrogens is 1. The van der Waals surface area contributed by atoms with Gasteiger partial charge in [-0.3, -0.25) is 9.69 Å². The number of carbonyl (C=O) groups is 1. The van der Waals surface area contributed by atoms with Crippen molar-refractivity contribution in [2.24, 2.45) is 5.73 Å². The Labute approximate surface area is 164 Å². The van der Waals surface area contributed by atoms with Crippen LogP contribution in [0, 0.1) is 5.82 Å². The molecule has 3 aromatic rings. The molecule has 0 unspecified atom stereocenters. The highest BCUT2D eigenvalue weighted by molar-refractivity contribution is 5.97. The monoisotopic (exact) mass is 379 g/mol. The Balaban J connectivity index is 1.51. The maximum Gasteiger partial charge on any atom is 0.248 e. The minimum Gasteiger partial charge on any atom is -0.366 e. The van der Waals surface area contributed by atoms with Crippen LogP contribution in [0.25, 0.3) is 10.9 Å². The van der Waals surface area contributed by atoms with E-state index < -0.39 is 5.91 Å². The van der Waals surface area contributed by atoms with Crippen LogP contribution in [0.4, 0.5) is 4.39 Å². The number of nitrogens with one attached hydrogen (secondary N) is 1. The zero-order valence-electron chi connectivity index (χ0n) is 16.1. The third kappa shape index (κ3) is 3.54. The number of rotatable bonds is 5. The predicted octanol–water partition coefficient (Wildman–Crippen LogP) is 4.74. The van der Waals surface area contributed by atoms with Crippen LogP contribution in [-0.2, 0) is 0 Å². The van der Waals surface area contributed by atoms with Crippen molar-refractivity contribution in [2.75, 3.05) is 13.1 Å². The smallest absolute Gasteiger partial charge is 0.248 e. The lowest BCUT2D eigenvalue weighted by Gasteiger charge is -2.37. The minimum atomic E-state index is -0.394. The summed E-state index contributed by atoms with van der Waals surface area (Å²) in [5.74, 6) is -0.125. The van der Waals surface area contributed by atoms with Crippen molar-refractivity contribution in [2.45, 2.75) is 38.1 Å². The van der Waals surface area contributed by atoms with Gasteiger partial charge in [-0.25, -0.2) is 4.39 Å². The lowest BCUT2D eigenvalue weighted by Crippen LogP contribution is -2.36. The van der Waals surface area contributed by atoms with Crippen molar-refractivity contribution in [1.29, 1.82) is 0 Å². The van der Waals surface area contributed by atoms with Crippen LogP contribution < -0.4 is 5.73 Å². The van der Waals surface area contributed by atoms with Gasteiger partial charge in [-0.15, -0.1) is 0 Å². The van der Waals surface area contributed by atoms with Crippen molar-refractivity contribution in [1.82, 2.24) is 9.88 Å². The van der Waals surface area contributed by atoms with Crippen molar-refractivity contribution in [3.63, 3.8) is 0 Å². The van der Waals surface area contributed by atoms with Crippen LogP contribution >= 0.6 is 0 Å². The second-order valence-corrected chi connectivity index (χ2v) is 7.65. The fourth-order valence-corrected chi connectivity index (χ4v) is 4.55. The largest absolute Gasteiger partial charge is 0.366 e. The third-order valence-corrected chi connectivity index (χ3v) is 6.05. The van der Waals surface area contributed by atoms with E-state index in [-0.39, 0.29) is 5.82 Å². The molecule has 1 aliphatic heterocycles. The van der Waals surface area contributed by atoms with Gasteiger partial charge in [-0.1, -0.05) is 19.1 Å². The maximum atomic E-state index is 13.3. The van der Waals surface area contributed by atoms with Gasteiger partial charge in [-0.05, 0) is 79.7 Å². The molecule has 1 fully saturated rings. The van der Waals surface area contributed by atoms with E-state index in [9.17, 15) is 9.18 Å². The first-order chi connectivity index (χ1) is 13.6. The number of nitrogens with two attached hydrogens (primary N) is 1. The summed E-state index contributed by atoms with van der Waals surface area (Å²) >= 11 is 0. The molecule has 1 atom stereocenters. The lowest BCUT2D eigenvalue weighted by molar-refractivity contribution is 0.100. The zero-order chi connectivity index (χ0) is 19.7. The third-order valence-electron chi connectivity index (χ3n) is 6.05. The molecule has 0 radical (unpaired) electrons. The summed E-state index contributed by atoms with van der Waals surface area (Å²) in [6.07, 6.45) is 5.20. The number of likely N-dealkylation sites (tertiary alicyclic amines) is 1. The number of amides is 1. The molecule has 4 rings (SSSR count). The second-order valence-electron chi connectivity index (χ2n) is 7.65. The van der Waals surface area contributed by atoms with E-state index in [0.29, 0.717) is 17.5 Å². The molecular weight excluding hydrogens is 353 g/mol. The standard InChI is InChI=1S/C23H26FN3O/c1-2-22(16-3-6-18(24)7-4-16)27-11-9-15(10-12-27)20-14-26-21-8-5-17(23(25)28)13-19(20)21/h3-8,13-15,22,26H,2,9-12H2,1H3,(H2,25,28)/t22-/m0/s1. The molecule has 0 bridgehead atoms. The van der Waals surface area contributed by atoms with Crippen LogP contribution in [0.1, 0.15) is 59.6 Å². The summed E-state index contributed by atoms with van der Waals surface area (Å²) in [6.45, 7) is 4.19. The van der Waals surface area contributed by atoms with Crippen molar-refractivity contribution in [3.05, 3.63) is 71.2 Å². The number of aromatic amines is 1. The molecule has 4 nitrogen and oxygen atoms in total. The number of carbonyl (C=O) groups excluding carboxylic acids is 1. The van der Waals surface area contributed by atoms with Crippen LogP contribution in [-0.4, -0.2) is 28.9 Å². The van der Waals surface area contributed by atoms with E-state index in [4.69, 9.17) is 5.73 Å². The number of hydrogen-bond acceptors (Lipinski definition) is 2. The van der Waals surface area contributed by atoms with E-state index in [1.807, 2.05) is 24.3 Å². The van der Waals surface area contributed by atoms with E-state index in [1.165, 1.54) is 11.1 Å². The van der Waals surface area contributed by atoms with Gasteiger partial charge in [0.15, 0.2) is 0 Å². The van der Waals surface area contributed by atoms with Gasteiger partial charge < -0.3 is 10.7 Å². The molecule has 2 heterocycles. The lowest BCUT2D eigenvalue weighted by atomic mass is 9.87. The highest BCUT2D eigenvalue weighted by atomic mass is 19.1. The Bertz CT molecular complexity index is 971. The Morgan fingerprint density at radius 1 is 1.21 bits per heavy atom. The Hall–Kier alpha value is -2.66. The van der Waals surface area contributed by atoms with E-state index >= 15 is 0 Å². The normalized spacial score (nSPS) is 17.1. The molecule has 0 aliphatic carbocycles. The fraction of sp³-hybridized carbons (Fsp3) is 0.348. The molecule has 146 valence electrons. The maximum absolute atomic E-state index is 13.3. The van der Waals surface area contributed by atoms with Crippen molar-refractivity contribution in [3.8, 4) is 0 Å². The molecule has 3 N–H and O–H groups in total. The van der Waals surface area contributed by atoms with E-state index in [0.717, 1.165) is 43.3 Å². The molecule has 0 spiro atoms. The van der Waals surface area contributed by atoms with Crippen LogP contribution in [0.2, 0.25) is 0 Å². The number of H-pyrrole nitrogens is 1. The molecule has 0 saturated carbocycles. The molecule has 28 heavy (non-hydrogen) atoms. The van der Waals surface area contributed by atoms with Crippen molar-refractivity contribution >= 4 is 16.8 Å². The number of fused-ring (bicyclic) bond motifs is 1. The molecular formula is C23H26FN3O. The van der Waals surface area contributed by atoms with Crippen molar-refractivity contribution < 1.29 is 9.18 Å². The van der Waals surface area contributed by atoms with Gasteiger partial charge in [0, 0.05) is 28.7 Å². The SMILES string of the molecule is CC[C@@H](c1ccc(F)cc1)N1CCC(c2c[nH]c3ccc(C(N)=O)cc23)CC1. The molecule has 1 amide bonds. The summed E-state index contributed by atoms with van der Waals surface area (Å²) in [5.41, 5.74) is 9.50. The summed E-state index contributed by atoms with van der Waals surface area (Å²) in [7, 11) is 0. The Morgan fingerprint density at radius 3 is 2.57 bits per heavy atom. The molecule has 1 saturated heterocycles. The van der Waals surface area contributed by atoms with E-state index in [2.05, 4.69) is 23.0 Å². The van der Waals surface area contributed by atoms with Gasteiger partial charge in [-0.2, -0.15) is 0 Å². The molecule has 1 aromatic heterocycles. The Kier molecular flexibility index (Phi) is 5.18. The summed E-state index contributed by atoms with van der Waals surface area (Å²) in [5, 5.41) is 1.10. The first-order valence-electron chi connectivity index (χ1n) is 9.97. The summed E-state index contributed by atoms with van der Waals surface area (Å²) in [6, 6.07) is 12.8. The van der Waals surface area contributed by atoms with Gasteiger partial charge >= 0.3 is 0 Å². The number of benzene rings is 2. The number of piperidine rings is 1. The van der Waals surface area contributed by atoms with E-state index in [1.54, 1.807) is 18.2 Å². The Morgan fingerprint density at radius 2 is 1.93 bits per heavy atom. The average Bonchev–Trinajstić information content (AvgIpc) is 3.14. The zero-order valence-corrected chi connectivity index (χ0v) is 16.1. The van der Waals surface area contributed by atoms with Gasteiger partial charge in [0.25, 0.3) is 0 Å². The fourth-order valence-electron chi connectivity index (χ4n) is 4.55. The highest BCUT2D eigenvalue weighted by Gasteiger charge is 2.27. The summed E-state index contributed by atoms with van der Waals surface area (Å²) in [4.78, 5) is 17.4. The number of hydrogen-bond donors (Lipinski definition) is 2. The summed E-state index contributed by atoms with van der Waals surface area (Å²) < 4.78 is 13.3. The topological polar surface area (TPSA) is 62.1 Å². The highest BCUT2D eigenvalue weighted by Crippen LogP contribution is 2.36. The first kappa shape index (κ1) is 18.7. The van der Waals surface area contributed by atoms with Gasteiger partial charge in [0.1, 0.15) is 5.82 Å². The number of halogens is 1. The molecule has 1 aliphatic rings. The number of primary amides is 1. The minimum absolute atomic E-state index is 0.188. The van der Waals surface area contributed by atoms with Gasteiger partial charge in [0.05, 0.1) is 0 Å². The van der Waals surface area contributed by atoms with Crippen LogP contribution in [0.15, 0.2) is 48.7 Å². The second kappa shape index (κ2) is 7.76. The average molecular weight is 379 g/mol. The predicted molar refractivity (Wildman–Crippen MR) is 110 cm³/mol. The van der Waals surface area contributed by atoms with Crippen LogP contribution in [0.5, 0.6) is 0 Å². The molecule has 5 heteroatoms. The quantitative estimate of drug-likeness (QED) is 0.673. The van der Waals surface area contributed by atoms with Crippen LogP contribution in [0.3, 0.4) is 0 Å². The number of nitrogens with zero attached hydrogens (tertiary/aromatic N) is 1. The first-order valence-corrected chi connectivity index (χ1v) is 9.97. The van der Waals surface area contributed by atoms with Gasteiger partial charge in [0.2, 0.25) is 5.91 Å².